The van der Waals surface area contributed by atoms with Crippen LogP contribution in [0.2, 0.25) is 0 Å². The third-order valence-electron chi connectivity index (χ3n) is 19.0. The highest BCUT2D eigenvalue weighted by atomic mass is 31.2. The van der Waals surface area contributed by atoms with Crippen LogP contribution in [-0.2, 0) is 65.4 Å². The van der Waals surface area contributed by atoms with Crippen LogP contribution in [0.5, 0.6) is 0 Å². The van der Waals surface area contributed by atoms with E-state index in [4.69, 9.17) is 37.0 Å². The van der Waals surface area contributed by atoms with Crippen LogP contribution >= 0.6 is 15.6 Å². The highest BCUT2D eigenvalue weighted by Crippen LogP contribution is 2.45. The number of hydrogen-bond acceptors (Lipinski definition) is 15. The van der Waals surface area contributed by atoms with E-state index in [0.717, 1.165) is 95.8 Å². The van der Waals surface area contributed by atoms with Crippen molar-refractivity contribution in [1.82, 2.24) is 0 Å². The molecule has 0 aromatic rings. The van der Waals surface area contributed by atoms with Gasteiger partial charge in [0.25, 0.3) is 0 Å². The quantitative estimate of drug-likeness (QED) is 0.0222. The third kappa shape index (κ3) is 74.3. The molecule has 0 amide bonds. The molecular weight excluding hydrogens is 1310 g/mol. The fourth-order valence-electron chi connectivity index (χ4n) is 12.6. The maximum atomic E-state index is 13.1. The Hall–Kier alpha value is -1.94. The monoisotopic (exact) mass is 1470 g/mol. The van der Waals surface area contributed by atoms with Gasteiger partial charge in [0.1, 0.15) is 19.3 Å². The standard InChI is InChI=1S/C81H158O17P2/c1-6-9-12-15-18-21-24-27-29-31-32-34-36-39-42-45-52-57-62-67-81(86)97-76(70-91-78(83)64-59-54-49-43-40-38-35-33-30-28-25-22-19-16-13-10-7-2)72-95-99(87,88)93-68-75(82)69-94-100(89,90)96-73-77(71-92-79(84)65-60-55-50-47-46-48-53-58-63-74(4)5)98-80(85)66-61-56-51-44-41-37-26-23-20-17-14-11-8-3/h74-77,82H,6-73H2,1-5H3,(H,87,88)(H,89,90)/t75-,76-,77-/m1/s1. The lowest BCUT2D eigenvalue weighted by atomic mass is 10.0. The number of carbonyl (C=O) groups excluding carboxylic acids is 4. The molecule has 0 fully saturated rings. The SMILES string of the molecule is CCCCCCCCCCCCCCCCCCCCCC(=O)O[C@H](COC(=O)CCCCCCCCCCCCCCCCCCC)COP(=O)(O)OC[C@@H](O)COP(=O)(O)OC[C@@H](COC(=O)CCCCCCCCCCC(C)C)OC(=O)CCCCCCCCCCCCCCC. The summed E-state index contributed by atoms with van der Waals surface area (Å²) in [6, 6.07) is 0. The molecule has 100 heavy (non-hydrogen) atoms. The van der Waals surface area contributed by atoms with E-state index < -0.39 is 97.5 Å². The molecule has 0 rings (SSSR count). The summed E-state index contributed by atoms with van der Waals surface area (Å²) in [5.41, 5.74) is 0. The Balaban J connectivity index is 5.24. The molecule has 0 radical (unpaired) electrons. The Bertz CT molecular complexity index is 1910. The van der Waals surface area contributed by atoms with Crippen LogP contribution in [0, 0.1) is 5.92 Å². The molecule has 0 aromatic carbocycles. The third-order valence-corrected chi connectivity index (χ3v) is 20.9. The summed E-state index contributed by atoms with van der Waals surface area (Å²) in [5, 5.41) is 10.6. The van der Waals surface area contributed by atoms with E-state index in [9.17, 15) is 43.2 Å². The summed E-state index contributed by atoms with van der Waals surface area (Å²) in [7, 11) is -9.92. The minimum Gasteiger partial charge on any atom is -0.462 e. The van der Waals surface area contributed by atoms with Gasteiger partial charge in [-0.25, -0.2) is 9.13 Å². The van der Waals surface area contributed by atoms with Crippen molar-refractivity contribution < 1.29 is 80.2 Å². The molecule has 0 saturated carbocycles. The van der Waals surface area contributed by atoms with Crippen molar-refractivity contribution in [3.63, 3.8) is 0 Å². The fraction of sp³-hybridized carbons (Fsp3) is 0.951. The predicted molar refractivity (Wildman–Crippen MR) is 409 cm³/mol. The summed E-state index contributed by atoms with van der Waals surface area (Å²) in [4.78, 5) is 73.0. The number of aliphatic hydroxyl groups is 1. The number of phosphoric acid groups is 2. The summed E-state index contributed by atoms with van der Waals surface area (Å²) < 4.78 is 68.7. The molecule has 0 aliphatic heterocycles. The Kier molecular flexibility index (Phi) is 72.5. The average Bonchev–Trinajstić information content (AvgIpc) is 0.929. The normalized spacial score (nSPS) is 13.8. The lowest BCUT2D eigenvalue weighted by Crippen LogP contribution is -2.30. The van der Waals surface area contributed by atoms with E-state index in [-0.39, 0.29) is 25.7 Å². The minimum absolute atomic E-state index is 0.108. The van der Waals surface area contributed by atoms with Gasteiger partial charge in [0.15, 0.2) is 12.2 Å². The van der Waals surface area contributed by atoms with E-state index in [1.54, 1.807) is 0 Å². The van der Waals surface area contributed by atoms with Crippen molar-refractivity contribution >= 4 is 39.5 Å². The maximum absolute atomic E-state index is 13.1. The fourth-order valence-corrected chi connectivity index (χ4v) is 14.2. The van der Waals surface area contributed by atoms with Crippen molar-refractivity contribution in [3.05, 3.63) is 0 Å². The topological polar surface area (TPSA) is 237 Å². The van der Waals surface area contributed by atoms with Gasteiger partial charge in [-0.3, -0.25) is 37.3 Å². The molecule has 0 heterocycles. The molecule has 594 valence electrons. The lowest BCUT2D eigenvalue weighted by Gasteiger charge is -2.21. The zero-order valence-electron chi connectivity index (χ0n) is 65.3. The van der Waals surface area contributed by atoms with Crippen molar-refractivity contribution in [2.45, 2.75) is 451 Å². The number of hydrogen-bond donors (Lipinski definition) is 3. The number of phosphoric ester groups is 2. The molecule has 2 unspecified atom stereocenters. The van der Waals surface area contributed by atoms with Crippen LogP contribution in [0.3, 0.4) is 0 Å². The van der Waals surface area contributed by atoms with Gasteiger partial charge in [-0.2, -0.15) is 0 Å². The second-order valence-electron chi connectivity index (χ2n) is 29.6. The van der Waals surface area contributed by atoms with Gasteiger partial charge in [0.05, 0.1) is 26.4 Å². The number of aliphatic hydroxyl groups excluding tert-OH is 1. The number of unbranched alkanes of at least 4 members (excludes halogenated alkanes) is 53. The van der Waals surface area contributed by atoms with Crippen molar-refractivity contribution in [2.75, 3.05) is 39.6 Å². The molecule has 3 N–H and O–H groups in total. The number of rotatable bonds is 81. The molecule has 0 saturated heterocycles. The van der Waals surface area contributed by atoms with Crippen LogP contribution in [-0.4, -0.2) is 96.7 Å². The highest BCUT2D eigenvalue weighted by Gasteiger charge is 2.30. The van der Waals surface area contributed by atoms with E-state index in [2.05, 4.69) is 34.6 Å². The molecule has 0 bridgehead atoms. The van der Waals surface area contributed by atoms with Gasteiger partial charge in [-0.1, -0.05) is 381 Å². The maximum Gasteiger partial charge on any atom is 0.472 e. The van der Waals surface area contributed by atoms with Gasteiger partial charge in [-0.15, -0.1) is 0 Å². The Labute approximate surface area is 613 Å². The molecule has 0 aromatic heterocycles. The van der Waals surface area contributed by atoms with E-state index in [1.165, 1.54) is 257 Å². The Morgan fingerprint density at radius 3 is 0.680 bits per heavy atom. The van der Waals surface area contributed by atoms with Crippen LogP contribution in [0.1, 0.15) is 433 Å². The molecule has 5 atom stereocenters. The minimum atomic E-state index is -4.96. The van der Waals surface area contributed by atoms with Gasteiger partial charge in [0, 0.05) is 25.7 Å². The highest BCUT2D eigenvalue weighted by molar-refractivity contribution is 7.47. The zero-order chi connectivity index (χ0) is 73.4. The zero-order valence-corrected chi connectivity index (χ0v) is 67.1. The lowest BCUT2D eigenvalue weighted by molar-refractivity contribution is -0.161. The van der Waals surface area contributed by atoms with Crippen molar-refractivity contribution in [2.24, 2.45) is 5.92 Å². The first-order chi connectivity index (χ1) is 48.5. The number of carbonyl (C=O) groups is 4. The Morgan fingerprint density at radius 2 is 0.460 bits per heavy atom. The van der Waals surface area contributed by atoms with E-state index >= 15 is 0 Å². The smallest absolute Gasteiger partial charge is 0.462 e. The molecule has 0 aliphatic carbocycles. The molecule has 0 aliphatic rings. The molecule has 19 heteroatoms. The van der Waals surface area contributed by atoms with E-state index in [1.807, 2.05) is 0 Å². The van der Waals surface area contributed by atoms with Gasteiger partial charge in [-0.05, 0) is 31.6 Å². The van der Waals surface area contributed by atoms with Crippen LogP contribution < -0.4 is 0 Å². The predicted octanol–water partition coefficient (Wildman–Crippen LogP) is 24.4. The molecule has 17 nitrogen and oxygen atoms in total. The van der Waals surface area contributed by atoms with Crippen molar-refractivity contribution in [3.8, 4) is 0 Å². The number of ether oxygens (including phenoxy) is 4. The first-order valence-electron chi connectivity index (χ1n) is 42.1. The van der Waals surface area contributed by atoms with Crippen LogP contribution in [0.25, 0.3) is 0 Å². The van der Waals surface area contributed by atoms with E-state index in [0.29, 0.717) is 25.7 Å². The average molecular weight is 1470 g/mol. The molecular formula is C81H158O17P2. The van der Waals surface area contributed by atoms with Gasteiger partial charge < -0.3 is 33.8 Å². The molecule has 0 spiro atoms. The first-order valence-corrected chi connectivity index (χ1v) is 45.1. The van der Waals surface area contributed by atoms with Crippen molar-refractivity contribution in [1.29, 1.82) is 0 Å². The largest absolute Gasteiger partial charge is 0.472 e. The summed E-state index contributed by atoms with van der Waals surface area (Å²) in [6.45, 7) is 7.30. The second kappa shape index (κ2) is 73.9. The Morgan fingerprint density at radius 1 is 0.270 bits per heavy atom. The first kappa shape index (κ1) is 98.1. The summed E-state index contributed by atoms with van der Waals surface area (Å²) in [5.74, 6) is -1.38. The summed E-state index contributed by atoms with van der Waals surface area (Å²) in [6.07, 6.45) is 65.2. The van der Waals surface area contributed by atoms with Crippen LogP contribution in [0.15, 0.2) is 0 Å². The van der Waals surface area contributed by atoms with Crippen LogP contribution in [0.4, 0.5) is 0 Å². The number of esters is 4. The summed E-state index contributed by atoms with van der Waals surface area (Å²) >= 11 is 0. The van der Waals surface area contributed by atoms with Gasteiger partial charge in [0.2, 0.25) is 0 Å². The second-order valence-corrected chi connectivity index (χ2v) is 32.5. The van der Waals surface area contributed by atoms with Gasteiger partial charge >= 0.3 is 39.5 Å².